The maximum Gasteiger partial charge on any atom is 0.229 e. The van der Waals surface area contributed by atoms with Gasteiger partial charge in [-0.2, -0.15) is 0 Å². The van der Waals surface area contributed by atoms with Gasteiger partial charge in [0.15, 0.2) is 0 Å². The van der Waals surface area contributed by atoms with Gasteiger partial charge in [0, 0.05) is 18.7 Å². The molecule has 0 saturated carbocycles. The van der Waals surface area contributed by atoms with Crippen molar-refractivity contribution in [2.45, 2.75) is 26.7 Å². The zero-order chi connectivity index (χ0) is 12.8. The van der Waals surface area contributed by atoms with E-state index in [1.807, 2.05) is 49.9 Å². The predicted molar refractivity (Wildman–Crippen MR) is 69.3 cm³/mol. The highest BCUT2D eigenvalue weighted by molar-refractivity contribution is 5.84. The number of ether oxygens (including phenoxy) is 1. The Balaban J connectivity index is 2.95. The molecule has 0 saturated heterocycles. The van der Waals surface area contributed by atoms with Crippen LogP contribution < -0.4 is 4.74 Å². The van der Waals surface area contributed by atoms with E-state index >= 15 is 0 Å². The molecular weight excluding hydrogens is 214 g/mol. The molecule has 0 aromatic heterocycles. The molecule has 0 aliphatic rings. The van der Waals surface area contributed by atoms with E-state index in [4.69, 9.17) is 4.74 Å². The molecule has 0 spiro atoms. The average molecular weight is 235 g/mol. The first-order valence-electron chi connectivity index (χ1n) is 6.07. The highest BCUT2D eigenvalue weighted by Gasteiger charge is 2.22. The number of likely N-dealkylation sites (N-methyl/N-ethyl adjacent to an activating group) is 1. The number of carbonyl (C=O) groups is 1. The van der Waals surface area contributed by atoms with E-state index in [0.29, 0.717) is 0 Å². The van der Waals surface area contributed by atoms with E-state index < -0.39 is 0 Å². The van der Waals surface area contributed by atoms with Gasteiger partial charge in [0.25, 0.3) is 0 Å². The number of methoxy groups -OCH3 is 1. The van der Waals surface area contributed by atoms with Gasteiger partial charge in [-0.15, -0.1) is 0 Å². The van der Waals surface area contributed by atoms with Crippen LogP contribution in [-0.4, -0.2) is 31.0 Å². The van der Waals surface area contributed by atoms with Gasteiger partial charge in [-0.25, -0.2) is 0 Å². The van der Waals surface area contributed by atoms with E-state index in [2.05, 4.69) is 0 Å². The van der Waals surface area contributed by atoms with Crippen molar-refractivity contribution >= 4 is 5.91 Å². The van der Waals surface area contributed by atoms with Gasteiger partial charge in [0.2, 0.25) is 5.91 Å². The first-order valence-corrected chi connectivity index (χ1v) is 6.07. The van der Waals surface area contributed by atoms with Crippen molar-refractivity contribution in [3.8, 4) is 5.75 Å². The number of hydrogen-bond acceptors (Lipinski definition) is 2. The summed E-state index contributed by atoms with van der Waals surface area (Å²) in [4.78, 5) is 14.1. The van der Waals surface area contributed by atoms with E-state index in [0.717, 1.165) is 24.4 Å². The molecule has 1 aromatic carbocycles. The number of hydrogen-bond donors (Lipinski definition) is 0. The first kappa shape index (κ1) is 13.6. The molecule has 17 heavy (non-hydrogen) atoms. The number of amides is 1. The Bertz CT molecular complexity index is 372. The minimum Gasteiger partial charge on any atom is -0.496 e. The summed E-state index contributed by atoms with van der Waals surface area (Å²) in [6.45, 7) is 7.41. The van der Waals surface area contributed by atoms with Gasteiger partial charge in [0.05, 0.1) is 13.0 Å². The molecule has 3 heteroatoms. The Morgan fingerprint density at radius 1 is 1.29 bits per heavy atom. The number of carbonyl (C=O) groups excluding carboxylic acids is 1. The second-order valence-corrected chi connectivity index (χ2v) is 3.97. The minimum absolute atomic E-state index is 0.152. The lowest BCUT2D eigenvalue weighted by molar-refractivity contribution is -0.132. The zero-order valence-corrected chi connectivity index (χ0v) is 11.1. The van der Waals surface area contributed by atoms with Crippen LogP contribution in [0.15, 0.2) is 24.3 Å². The van der Waals surface area contributed by atoms with Crippen LogP contribution in [0.4, 0.5) is 0 Å². The fourth-order valence-corrected chi connectivity index (χ4v) is 1.97. The Morgan fingerprint density at radius 3 is 2.41 bits per heavy atom. The molecule has 0 N–H and O–H groups in total. The van der Waals surface area contributed by atoms with Gasteiger partial charge in [0.1, 0.15) is 5.75 Å². The number of benzene rings is 1. The molecular formula is C14H21NO2. The lowest BCUT2D eigenvalue weighted by Gasteiger charge is -2.24. The Hall–Kier alpha value is -1.51. The van der Waals surface area contributed by atoms with Crippen LogP contribution in [0.1, 0.15) is 32.3 Å². The van der Waals surface area contributed by atoms with Crippen molar-refractivity contribution in [3.05, 3.63) is 29.8 Å². The molecule has 0 bridgehead atoms. The predicted octanol–water partition coefficient (Wildman–Crippen LogP) is 2.67. The fourth-order valence-electron chi connectivity index (χ4n) is 1.97. The van der Waals surface area contributed by atoms with Crippen LogP contribution >= 0.6 is 0 Å². The smallest absolute Gasteiger partial charge is 0.229 e. The lowest BCUT2D eigenvalue weighted by atomic mass is 9.98. The van der Waals surface area contributed by atoms with E-state index in [1.165, 1.54) is 0 Å². The summed E-state index contributed by atoms with van der Waals surface area (Å²) in [7, 11) is 1.63. The molecule has 1 aromatic rings. The summed E-state index contributed by atoms with van der Waals surface area (Å²) < 4.78 is 5.29. The summed E-state index contributed by atoms with van der Waals surface area (Å²) >= 11 is 0. The van der Waals surface area contributed by atoms with Gasteiger partial charge in [-0.05, 0) is 26.8 Å². The SMILES string of the molecule is CCN(CC)C(=O)C(C)c1ccccc1OC. The molecule has 1 amide bonds. The van der Waals surface area contributed by atoms with Gasteiger partial charge >= 0.3 is 0 Å². The molecule has 0 aliphatic heterocycles. The van der Waals surface area contributed by atoms with E-state index in [1.54, 1.807) is 7.11 Å². The standard InChI is InChI=1S/C14H21NO2/c1-5-15(6-2)14(16)11(3)12-9-7-8-10-13(12)17-4/h7-11H,5-6H2,1-4H3. The molecule has 1 atom stereocenters. The Kier molecular flexibility index (Phi) is 5.01. The highest BCUT2D eigenvalue weighted by Crippen LogP contribution is 2.27. The molecule has 0 fully saturated rings. The molecule has 0 radical (unpaired) electrons. The molecule has 3 nitrogen and oxygen atoms in total. The van der Waals surface area contributed by atoms with E-state index in [-0.39, 0.29) is 11.8 Å². The maximum atomic E-state index is 12.2. The number of para-hydroxylation sites is 1. The van der Waals surface area contributed by atoms with Gasteiger partial charge in [-0.3, -0.25) is 4.79 Å². The third-order valence-electron chi connectivity index (χ3n) is 3.05. The highest BCUT2D eigenvalue weighted by atomic mass is 16.5. The Morgan fingerprint density at radius 2 is 1.88 bits per heavy atom. The molecule has 94 valence electrons. The number of rotatable bonds is 5. The second-order valence-electron chi connectivity index (χ2n) is 3.97. The summed E-state index contributed by atoms with van der Waals surface area (Å²) in [5, 5.41) is 0. The molecule has 1 rings (SSSR count). The summed E-state index contributed by atoms with van der Waals surface area (Å²) in [5.41, 5.74) is 0.951. The van der Waals surface area contributed by atoms with Crippen LogP contribution in [0, 0.1) is 0 Å². The Labute approximate surface area is 103 Å². The first-order chi connectivity index (χ1) is 8.15. The molecule has 0 heterocycles. The largest absolute Gasteiger partial charge is 0.496 e. The van der Waals surface area contributed by atoms with Crippen LogP contribution in [0.2, 0.25) is 0 Å². The van der Waals surface area contributed by atoms with Gasteiger partial charge < -0.3 is 9.64 Å². The third kappa shape index (κ3) is 2.99. The average Bonchev–Trinajstić information content (AvgIpc) is 2.39. The quantitative estimate of drug-likeness (QED) is 0.785. The van der Waals surface area contributed by atoms with Crippen LogP contribution in [0.25, 0.3) is 0 Å². The van der Waals surface area contributed by atoms with Crippen molar-refractivity contribution in [1.82, 2.24) is 4.90 Å². The van der Waals surface area contributed by atoms with E-state index in [9.17, 15) is 4.79 Å². The van der Waals surface area contributed by atoms with Crippen molar-refractivity contribution in [2.24, 2.45) is 0 Å². The molecule has 1 unspecified atom stereocenters. The monoisotopic (exact) mass is 235 g/mol. The van der Waals surface area contributed by atoms with Crippen LogP contribution in [0.3, 0.4) is 0 Å². The van der Waals surface area contributed by atoms with Crippen molar-refractivity contribution in [1.29, 1.82) is 0 Å². The topological polar surface area (TPSA) is 29.5 Å². The van der Waals surface area contributed by atoms with Crippen molar-refractivity contribution in [3.63, 3.8) is 0 Å². The van der Waals surface area contributed by atoms with Crippen molar-refractivity contribution < 1.29 is 9.53 Å². The van der Waals surface area contributed by atoms with Gasteiger partial charge in [-0.1, -0.05) is 18.2 Å². The fraction of sp³-hybridized carbons (Fsp3) is 0.500. The summed E-state index contributed by atoms with van der Waals surface area (Å²) in [6.07, 6.45) is 0. The normalized spacial score (nSPS) is 12.0. The zero-order valence-electron chi connectivity index (χ0n) is 11.1. The third-order valence-corrected chi connectivity index (χ3v) is 3.05. The van der Waals surface area contributed by atoms with Crippen molar-refractivity contribution in [2.75, 3.05) is 20.2 Å². The summed E-state index contributed by atoms with van der Waals surface area (Å²) in [5.74, 6) is 0.769. The van der Waals surface area contributed by atoms with Crippen LogP contribution in [-0.2, 0) is 4.79 Å². The lowest BCUT2D eigenvalue weighted by Crippen LogP contribution is -2.34. The summed E-state index contributed by atoms with van der Waals surface area (Å²) in [6, 6.07) is 7.69. The number of nitrogens with zero attached hydrogens (tertiary/aromatic N) is 1. The maximum absolute atomic E-state index is 12.2. The second kappa shape index (κ2) is 6.28. The van der Waals surface area contributed by atoms with Crippen LogP contribution in [0.5, 0.6) is 5.75 Å². The minimum atomic E-state index is -0.161. The molecule has 0 aliphatic carbocycles.